The molecule has 120 valence electrons. The van der Waals surface area contributed by atoms with Crippen molar-refractivity contribution in [1.82, 2.24) is 19.7 Å². The number of thioether (sulfide) groups is 1. The third-order valence-corrected chi connectivity index (χ3v) is 4.48. The third kappa shape index (κ3) is 2.98. The molecule has 0 N–H and O–H groups in total. The van der Waals surface area contributed by atoms with Crippen molar-refractivity contribution in [3.8, 4) is 0 Å². The number of nitrogens with zero attached hydrogens (tertiary/aromatic N) is 4. The minimum atomic E-state index is -0.498. The molecule has 2 aliphatic rings. The molecule has 22 heavy (non-hydrogen) atoms. The first-order valence-electron chi connectivity index (χ1n) is 7.44. The minimum Gasteiger partial charge on any atom is -0.333 e. The Morgan fingerprint density at radius 3 is 3.05 bits per heavy atom. The Morgan fingerprint density at radius 2 is 2.32 bits per heavy atom. The molecule has 1 fully saturated rings. The lowest BCUT2D eigenvalue weighted by molar-refractivity contribution is -0.201. The number of rotatable bonds is 3. The maximum absolute atomic E-state index is 12.7. The van der Waals surface area contributed by atoms with Crippen LogP contribution in [0.5, 0.6) is 0 Å². The van der Waals surface area contributed by atoms with Crippen molar-refractivity contribution in [2.24, 2.45) is 0 Å². The second-order valence-corrected chi connectivity index (χ2v) is 6.34. The van der Waals surface area contributed by atoms with Crippen LogP contribution in [0.3, 0.4) is 0 Å². The van der Waals surface area contributed by atoms with Gasteiger partial charge in [0.2, 0.25) is 5.91 Å². The van der Waals surface area contributed by atoms with Crippen LogP contribution in [0.2, 0.25) is 0 Å². The number of fused-ring (bicyclic) bond motifs is 1. The Hall–Kier alpha value is -1.54. The summed E-state index contributed by atoms with van der Waals surface area (Å²) in [5.41, 5.74) is 0.885. The normalized spacial score (nSPS) is 21.6. The maximum Gasteiger partial charge on any atom is 0.272 e. The molecular formula is C14H20N4O3S. The standard InChI is InChI=1S/C14H20N4O3S/c1-22-10-13(19)16-8-11-4-5-15-18(11)12(9-16)14(20)17-6-2-3-7-21-17/h4-5,12H,2-3,6-10H2,1H3. The van der Waals surface area contributed by atoms with Gasteiger partial charge in [-0.1, -0.05) is 0 Å². The first kappa shape index (κ1) is 15.4. The summed E-state index contributed by atoms with van der Waals surface area (Å²) in [6.45, 7) is 2.03. The van der Waals surface area contributed by atoms with E-state index in [1.807, 2.05) is 12.3 Å². The first-order valence-corrected chi connectivity index (χ1v) is 8.83. The molecule has 8 heteroatoms. The maximum atomic E-state index is 12.7. The highest BCUT2D eigenvalue weighted by atomic mass is 32.2. The number of hydrogen-bond donors (Lipinski definition) is 0. The van der Waals surface area contributed by atoms with E-state index in [1.54, 1.807) is 15.8 Å². The van der Waals surface area contributed by atoms with E-state index >= 15 is 0 Å². The number of amides is 2. The summed E-state index contributed by atoms with van der Waals surface area (Å²) in [6, 6.07) is 1.36. The first-order chi connectivity index (χ1) is 10.7. The van der Waals surface area contributed by atoms with E-state index in [2.05, 4.69) is 5.10 Å². The summed E-state index contributed by atoms with van der Waals surface area (Å²) in [5.74, 6) is 0.360. The molecule has 0 saturated carbocycles. The van der Waals surface area contributed by atoms with Gasteiger partial charge in [0.05, 0.1) is 31.1 Å². The van der Waals surface area contributed by atoms with Gasteiger partial charge in [0.15, 0.2) is 6.04 Å². The molecular weight excluding hydrogens is 304 g/mol. The van der Waals surface area contributed by atoms with Gasteiger partial charge in [-0.2, -0.15) is 16.9 Å². The molecule has 1 aromatic heterocycles. The van der Waals surface area contributed by atoms with Gasteiger partial charge in [-0.25, -0.2) is 5.06 Å². The molecule has 7 nitrogen and oxygen atoms in total. The summed E-state index contributed by atoms with van der Waals surface area (Å²) >= 11 is 1.49. The fraction of sp³-hybridized carbons (Fsp3) is 0.643. The number of hydroxylamine groups is 2. The zero-order valence-electron chi connectivity index (χ0n) is 12.6. The van der Waals surface area contributed by atoms with Crippen molar-refractivity contribution in [2.75, 3.05) is 31.7 Å². The van der Waals surface area contributed by atoms with E-state index < -0.39 is 6.04 Å². The van der Waals surface area contributed by atoms with Crippen LogP contribution in [0.25, 0.3) is 0 Å². The molecule has 0 aromatic carbocycles. The average molecular weight is 324 g/mol. The van der Waals surface area contributed by atoms with E-state index in [0.29, 0.717) is 32.0 Å². The van der Waals surface area contributed by atoms with Gasteiger partial charge in [0, 0.05) is 12.7 Å². The number of hydrogen-bond acceptors (Lipinski definition) is 5. The molecule has 0 spiro atoms. The molecule has 1 unspecified atom stereocenters. The highest BCUT2D eigenvalue weighted by molar-refractivity contribution is 7.99. The quantitative estimate of drug-likeness (QED) is 0.818. The summed E-state index contributed by atoms with van der Waals surface area (Å²) in [6.07, 6.45) is 5.49. The van der Waals surface area contributed by atoms with Gasteiger partial charge in [-0.3, -0.25) is 19.1 Å². The van der Waals surface area contributed by atoms with Crippen molar-refractivity contribution in [2.45, 2.75) is 25.4 Å². The summed E-state index contributed by atoms with van der Waals surface area (Å²) in [5, 5.41) is 5.70. The predicted octanol–water partition coefficient (Wildman–Crippen LogP) is 0.683. The summed E-state index contributed by atoms with van der Waals surface area (Å²) < 4.78 is 1.73. The van der Waals surface area contributed by atoms with Gasteiger partial charge in [-0.15, -0.1) is 0 Å². The minimum absolute atomic E-state index is 0.0531. The topological polar surface area (TPSA) is 67.7 Å². The van der Waals surface area contributed by atoms with Crippen LogP contribution in [0, 0.1) is 0 Å². The monoisotopic (exact) mass is 324 g/mol. The number of carbonyl (C=O) groups excluding carboxylic acids is 2. The SMILES string of the molecule is CSCC(=O)N1Cc2ccnn2C(C(=O)N2CCCCO2)C1. The largest absolute Gasteiger partial charge is 0.333 e. The van der Waals surface area contributed by atoms with Gasteiger partial charge in [0.1, 0.15) is 0 Å². The Kier molecular flexibility index (Phi) is 4.68. The molecule has 0 bridgehead atoms. The van der Waals surface area contributed by atoms with Crippen molar-refractivity contribution >= 4 is 23.6 Å². The van der Waals surface area contributed by atoms with E-state index in [0.717, 1.165) is 18.5 Å². The Bertz CT molecular complexity index is 556. The van der Waals surface area contributed by atoms with Gasteiger partial charge in [-0.05, 0) is 25.2 Å². The summed E-state index contributed by atoms with van der Waals surface area (Å²) in [7, 11) is 0. The summed E-state index contributed by atoms with van der Waals surface area (Å²) in [4.78, 5) is 32.1. The van der Waals surface area contributed by atoms with E-state index in [9.17, 15) is 9.59 Å². The van der Waals surface area contributed by atoms with Gasteiger partial charge >= 0.3 is 0 Å². The van der Waals surface area contributed by atoms with E-state index in [1.165, 1.54) is 16.8 Å². The lowest BCUT2D eigenvalue weighted by Crippen LogP contribution is -2.49. The zero-order chi connectivity index (χ0) is 15.5. The van der Waals surface area contributed by atoms with Crippen LogP contribution >= 0.6 is 11.8 Å². The number of aromatic nitrogens is 2. The molecule has 3 rings (SSSR count). The molecule has 1 aromatic rings. The Balaban J connectivity index is 1.80. The molecule has 1 saturated heterocycles. The van der Waals surface area contributed by atoms with Gasteiger partial charge in [0.25, 0.3) is 5.91 Å². The highest BCUT2D eigenvalue weighted by Crippen LogP contribution is 2.24. The van der Waals surface area contributed by atoms with Crippen LogP contribution in [0.15, 0.2) is 12.3 Å². The van der Waals surface area contributed by atoms with Crippen LogP contribution in [0.1, 0.15) is 24.6 Å². The third-order valence-electron chi connectivity index (χ3n) is 3.95. The number of carbonyl (C=O) groups is 2. The fourth-order valence-corrected chi connectivity index (χ4v) is 3.25. The van der Waals surface area contributed by atoms with Crippen LogP contribution in [-0.4, -0.2) is 63.3 Å². The van der Waals surface area contributed by atoms with Crippen molar-refractivity contribution in [1.29, 1.82) is 0 Å². The fourth-order valence-electron chi connectivity index (χ4n) is 2.82. The smallest absolute Gasteiger partial charge is 0.272 e. The second kappa shape index (κ2) is 6.70. The van der Waals surface area contributed by atoms with E-state index in [-0.39, 0.29) is 11.8 Å². The van der Waals surface area contributed by atoms with Crippen molar-refractivity contribution in [3.05, 3.63) is 18.0 Å². The second-order valence-electron chi connectivity index (χ2n) is 5.47. The predicted molar refractivity (Wildman–Crippen MR) is 82.0 cm³/mol. The Morgan fingerprint density at radius 1 is 1.45 bits per heavy atom. The van der Waals surface area contributed by atoms with Gasteiger partial charge < -0.3 is 4.90 Å². The average Bonchev–Trinajstić information content (AvgIpc) is 3.02. The lowest BCUT2D eigenvalue weighted by Gasteiger charge is -2.36. The molecule has 1 atom stereocenters. The highest BCUT2D eigenvalue weighted by Gasteiger charge is 2.36. The molecule has 3 heterocycles. The lowest BCUT2D eigenvalue weighted by atomic mass is 10.1. The van der Waals surface area contributed by atoms with E-state index in [4.69, 9.17) is 4.84 Å². The van der Waals surface area contributed by atoms with Crippen molar-refractivity contribution in [3.63, 3.8) is 0 Å². The molecule has 2 amide bonds. The molecule has 0 radical (unpaired) electrons. The molecule has 2 aliphatic heterocycles. The van der Waals surface area contributed by atoms with Crippen LogP contribution < -0.4 is 0 Å². The van der Waals surface area contributed by atoms with Crippen LogP contribution in [0.4, 0.5) is 0 Å². The van der Waals surface area contributed by atoms with Crippen molar-refractivity contribution < 1.29 is 14.4 Å². The molecule has 0 aliphatic carbocycles. The zero-order valence-corrected chi connectivity index (χ0v) is 13.4. The Labute approximate surface area is 133 Å². The van der Waals surface area contributed by atoms with Crippen LogP contribution in [-0.2, 0) is 21.0 Å².